The van der Waals surface area contributed by atoms with Gasteiger partial charge in [-0.3, -0.25) is 18.6 Å². The van der Waals surface area contributed by atoms with Gasteiger partial charge in [0.15, 0.2) is 11.4 Å². The lowest BCUT2D eigenvalue weighted by atomic mass is 9.88. The molecule has 4 aromatic carbocycles. The number of nitrogens with zero attached hydrogens (tertiary/aromatic N) is 2. The number of aliphatic hydroxyl groups is 1. The Hall–Kier alpha value is -5.09. The van der Waals surface area contributed by atoms with E-state index in [1.54, 1.807) is 42.7 Å². The van der Waals surface area contributed by atoms with Crippen LogP contribution in [0.1, 0.15) is 71.0 Å². The number of hydrogen-bond acceptors (Lipinski definition) is 11. The van der Waals surface area contributed by atoms with Gasteiger partial charge in [0.25, 0.3) is 5.91 Å². The molecule has 1 amide bonds. The summed E-state index contributed by atoms with van der Waals surface area (Å²) >= 11 is 12.6. The van der Waals surface area contributed by atoms with Crippen molar-refractivity contribution in [2.45, 2.75) is 54.4 Å². The first-order valence-corrected chi connectivity index (χ1v) is 22.5. The molecule has 320 valence electrons. The number of aliphatic carboxylic acids is 3. The van der Waals surface area contributed by atoms with Crippen molar-refractivity contribution < 1.29 is 56.4 Å². The lowest BCUT2D eigenvalue weighted by Crippen LogP contribution is -2.42. The summed E-state index contributed by atoms with van der Waals surface area (Å²) < 4.78 is 41.9. The second-order valence-corrected chi connectivity index (χ2v) is 17.9. The summed E-state index contributed by atoms with van der Waals surface area (Å²) in [5.74, 6) is -5.68. The predicted octanol–water partition coefficient (Wildman–Crippen LogP) is 5.63. The van der Waals surface area contributed by atoms with Crippen LogP contribution in [0.3, 0.4) is 0 Å². The number of amides is 1. The van der Waals surface area contributed by atoms with E-state index in [1.807, 2.05) is 30.3 Å². The number of nitrogens with one attached hydrogen (secondary N) is 1. The van der Waals surface area contributed by atoms with Gasteiger partial charge in [0, 0.05) is 23.6 Å². The van der Waals surface area contributed by atoms with Gasteiger partial charge in [-0.15, -0.1) is 0 Å². The van der Waals surface area contributed by atoms with E-state index in [-0.39, 0.29) is 29.3 Å². The molecule has 4 aromatic rings. The number of piperidine rings is 1. The van der Waals surface area contributed by atoms with Gasteiger partial charge in [0.2, 0.25) is 0 Å². The molecule has 1 aliphatic heterocycles. The van der Waals surface area contributed by atoms with Crippen molar-refractivity contribution in [3.05, 3.63) is 105 Å². The van der Waals surface area contributed by atoms with E-state index in [0.29, 0.717) is 33.2 Å². The van der Waals surface area contributed by atoms with Crippen LogP contribution in [0.2, 0.25) is 10.0 Å². The average molecular weight is 905 g/mol. The van der Waals surface area contributed by atoms with E-state index >= 15 is 0 Å². The van der Waals surface area contributed by atoms with Crippen molar-refractivity contribution in [3.8, 4) is 11.8 Å². The Bertz CT molecular complexity index is 2420. The number of benzene rings is 4. The molecule has 19 heteroatoms. The zero-order valence-electron chi connectivity index (χ0n) is 32.5. The minimum Gasteiger partial charge on any atom is -0.481 e. The minimum absolute atomic E-state index is 0.0201. The number of carbonyl (C=O) groups excluding carboxylic acids is 1. The Balaban J connectivity index is 0.000000526. The summed E-state index contributed by atoms with van der Waals surface area (Å²) in [7, 11) is -5.09. The Morgan fingerprint density at radius 3 is 2.15 bits per heavy atom. The molecular formula is C41H43Cl2N3O12S2. The van der Waals surface area contributed by atoms with Crippen LogP contribution in [0.15, 0.2) is 77.7 Å². The molecule has 1 heterocycles. The van der Waals surface area contributed by atoms with Crippen LogP contribution < -0.4 is 9.50 Å². The highest BCUT2D eigenvalue weighted by atomic mass is 35.5. The maximum absolute atomic E-state index is 13.9. The van der Waals surface area contributed by atoms with Crippen LogP contribution in [0, 0.1) is 11.3 Å². The number of likely N-dealkylation sites (tertiary alicyclic amines) is 1. The van der Waals surface area contributed by atoms with Crippen molar-refractivity contribution >= 4 is 78.7 Å². The van der Waals surface area contributed by atoms with E-state index in [0.717, 1.165) is 54.8 Å². The third-order valence-corrected chi connectivity index (χ3v) is 12.0. The molecule has 0 saturated carbocycles. The fourth-order valence-corrected chi connectivity index (χ4v) is 8.55. The summed E-state index contributed by atoms with van der Waals surface area (Å²) in [5.41, 5.74) is -0.754. The number of hydrogen-bond donors (Lipinski definition) is 5. The Labute approximate surface area is 359 Å². The maximum Gasteiger partial charge on any atom is 0.336 e. The molecule has 0 aliphatic carbocycles. The number of rotatable bonds is 16. The average Bonchev–Trinajstić information content (AvgIpc) is 3.18. The summed E-state index contributed by atoms with van der Waals surface area (Å²) in [5, 5.41) is 48.5. The van der Waals surface area contributed by atoms with Crippen molar-refractivity contribution in [3.63, 3.8) is 0 Å². The molecule has 1 unspecified atom stereocenters. The third-order valence-electron chi connectivity index (χ3n) is 9.84. The molecule has 2 atom stereocenters. The SMILES string of the molecule is C[S@](=O)c1ccccc1C1CCN(CCC(CNC(=O)c2c(OS(C)(=O)=O)c(C#N)cc3ccccc23)c2ccc(Cl)c(Cl)c2)CC1.O=C(O)CC(O)(CC(=O)O)C(=O)O. The molecule has 0 spiro atoms. The van der Waals surface area contributed by atoms with E-state index in [2.05, 4.69) is 16.3 Å². The van der Waals surface area contributed by atoms with Gasteiger partial charge >= 0.3 is 28.0 Å². The second-order valence-electron chi connectivity index (χ2n) is 14.2. The number of fused-ring (bicyclic) bond motifs is 1. The first-order chi connectivity index (χ1) is 28.2. The highest BCUT2D eigenvalue weighted by Gasteiger charge is 2.41. The van der Waals surface area contributed by atoms with Gasteiger partial charge in [-0.05, 0) is 91.0 Å². The van der Waals surface area contributed by atoms with Gasteiger partial charge in [-0.1, -0.05) is 71.7 Å². The molecular weight excluding hydrogens is 862 g/mol. The van der Waals surface area contributed by atoms with Crippen LogP contribution >= 0.6 is 23.2 Å². The normalized spacial score (nSPS) is 14.5. The third kappa shape index (κ3) is 13.0. The molecule has 1 saturated heterocycles. The number of carbonyl (C=O) groups is 4. The maximum atomic E-state index is 13.9. The van der Waals surface area contributed by atoms with Crippen LogP contribution in [0.25, 0.3) is 10.8 Å². The summed E-state index contributed by atoms with van der Waals surface area (Å²) in [6.07, 6.45) is 2.91. The van der Waals surface area contributed by atoms with Crippen LogP contribution in [-0.2, 0) is 35.3 Å². The lowest BCUT2D eigenvalue weighted by Gasteiger charge is -2.33. The summed E-state index contributed by atoms with van der Waals surface area (Å²) in [6.45, 7) is 2.75. The number of carboxylic acid groups (broad SMARTS) is 3. The Kier molecular flexibility index (Phi) is 16.6. The monoisotopic (exact) mass is 903 g/mol. The summed E-state index contributed by atoms with van der Waals surface area (Å²) in [4.78, 5) is 47.7. The first-order valence-electron chi connectivity index (χ1n) is 18.4. The van der Waals surface area contributed by atoms with Gasteiger partial charge in [-0.2, -0.15) is 13.7 Å². The lowest BCUT2D eigenvalue weighted by molar-refractivity contribution is -0.170. The van der Waals surface area contributed by atoms with E-state index in [4.69, 9.17) is 47.8 Å². The topological polar surface area (TPSA) is 249 Å². The van der Waals surface area contributed by atoms with Gasteiger partial charge in [-0.25, -0.2) is 4.79 Å². The largest absolute Gasteiger partial charge is 0.481 e. The molecule has 0 aromatic heterocycles. The van der Waals surface area contributed by atoms with Gasteiger partial charge in [0.1, 0.15) is 6.07 Å². The van der Waals surface area contributed by atoms with E-state index in [9.17, 15) is 37.1 Å². The molecule has 0 bridgehead atoms. The molecule has 1 aliphatic rings. The smallest absolute Gasteiger partial charge is 0.336 e. The van der Waals surface area contributed by atoms with Crippen molar-refractivity contribution in [1.82, 2.24) is 10.2 Å². The molecule has 60 heavy (non-hydrogen) atoms. The summed E-state index contributed by atoms with van der Waals surface area (Å²) in [6, 6.07) is 23.8. The molecule has 5 rings (SSSR count). The Morgan fingerprint density at radius 2 is 1.58 bits per heavy atom. The quantitative estimate of drug-likeness (QED) is 0.0856. The molecule has 0 radical (unpaired) electrons. The molecule has 1 fully saturated rings. The first kappa shape index (κ1) is 47.6. The number of halogens is 2. The zero-order valence-corrected chi connectivity index (χ0v) is 35.6. The molecule has 5 N–H and O–H groups in total. The molecule has 15 nitrogen and oxygen atoms in total. The predicted molar refractivity (Wildman–Crippen MR) is 225 cm³/mol. The standard InChI is InChI=1S/C35H35Cl2N3O5S2.C6H8O7/c1-46(42)32-10-6-5-8-28(32)23-13-16-40(17-14-23)18-15-26(24-11-12-30(36)31(37)20-24)22-39-35(41)33-29-9-4-3-7-25(29)19-27(21-38)34(33)45-47(2,43)44;7-3(8)1-6(13,5(11)12)2-4(9)10/h3-12,19-20,23,26H,13-18,22H2,1-2H3,(H,39,41);13H,1-2H2,(H,7,8)(H,9,10)(H,11,12)/t26?,46-;/m0./s1. The number of nitriles is 1. The fraction of sp³-hybridized carbons (Fsp3) is 0.341. The van der Waals surface area contributed by atoms with Gasteiger partial charge < -0.3 is 34.8 Å². The zero-order chi connectivity index (χ0) is 44.4. The Morgan fingerprint density at radius 1 is 0.967 bits per heavy atom. The van der Waals surface area contributed by atoms with E-state index in [1.165, 1.54) is 6.07 Å². The van der Waals surface area contributed by atoms with Crippen molar-refractivity contribution in [2.24, 2.45) is 0 Å². The second kappa shape index (κ2) is 20.9. The highest BCUT2D eigenvalue weighted by molar-refractivity contribution is 7.86. The van der Waals surface area contributed by atoms with Crippen molar-refractivity contribution in [1.29, 1.82) is 5.26 Å². The van der Waals surface area contributed by atoms with Crippen LogP contribution in [-0.4, -0.2) is 106 Å². The minimum atomic E-state index is -4.05. The fourth-order valence-electron chi connectivity index (χ4n) is 6.93. The van der Waals surface area contributed by atoms with Crippen LogP contribution in [0.4, 0.5) is 0 Å². The van der Waals surface area contributed by atoms with Crippen molar-refractivity contribution in [2.75, 3.05) is 38.7 Å². The number of carboxylic acids is 3. The van der Waals surface area contributed by atoms with Crippen LogP contribution in [0.5, 0.6) is 5.75 Å². The van der Waals surface area contributed by atoms with E-state index < -0.39 is 63.2 Å². The highest BCUT2D eigenvalue weighted by Crippen LogP contribution is 2.35. The van der Waals surface area contributed by atoms with Gasteiger partial charge in [0.05, 0.1) is 51.1 Å².